The molecule has 1 saturated heterocycles. The summed E-state index contributed by atoms with van der Waals surface area (Å²) in [7, 11) is 1.77. The number of rotatable bonds is 1. The smallest absolute Gasteiger partial charge is 0.218 e. The van der Waals surface area contributed by atoms with Gasteiger partial charge in [0.15, 0.2) is 6.29 Å². The zero-order chi connectivity index (χ0) is 20.7. The number of hydroxylamine groups is 2. The molecule has 3 atom stereocenters. The van der Waals surface area contributed by atoms with Crippen molar-refractivity contribution < 1.29 is 14.3 Å². The fourth-order valence-electron chi connectivity index (χ4n) is 4.42. The monoisotopic (exact) mass is 404 g/mol. The third-order valence-electron chi connectivity index (χ3n) is 6.11. The highest BCUT2D eigenvalue weighted by Gasteiger charge is 2.45. The van der Waals surface area contributed by atoms with Crippen LogP contribution in [0.2, 0.25) is 0 Å². The van der Waals surface area contributed by atoms with Crippen LogP contribution in [0.1, 0.15) is 36.8 Å². The van der Waals surface area contributed by atoms with Crippen molar-refractivity contribution in [1.29, 1.82) is 5.26 Å². The summed E-state index contributed by atoms with van der Waals surface area (Å²) in [6.07, 6.45) is 3.25. The standard InChI is InChI=1S/C23H24N4O3/c1-27-22(25)26-23(30-27)10-9-15-5-8-21(28-14-15)29-20-7-6-18(12-19(20)23)17-4-2-3-16(11-17)13-24/h2-4,6-7,11-12,15,21H,5,8-10,14H2,1H3,(H2,25,26). The van der Waals surface area contributed by atoms with E-state index < -0.39 is 5.72 Å². The number of fused-ring (bicyclic) bond motifs is 3. The van der Waals surface area contributed by atoms with Gasteiger partial charge >= 0.3 is 0 Å². The minimum absolute atomic E-state index is 0.275. The van der Waals surface area contributed by atoms with Gasteiger partial charge in [0.1, 0.15) is 5.75 Å². The van der Waals surface area contributed by atoms with Crippen LogP contribution in [0.4, 0.5) is 0 Å². The first-order valence-corrected chi connectivity index (χ1v) is 10.3. The van der Waals surface area contributed by atoms with Crippen LogP contribution < -0.4 is 10.5 Å². The quantitative estimate of drug-likeness (QED) is 0.782. The van der Waals surface area contributed by atoms with Crippen molar-refractivity contribution >= 4 is 5.96 Å². The van der Waals surface area contributed by atoms with Crippen LogP contribution in [0.3, 0.4) is 0 Å². The molecule has 7 nitrogen and oxygen atoms in total. The van der Waals surface area contributed by atoms with E-state index in [1.807, 2.05) is 36.4 Å². The lowest BCUT2D eigenvalue weighted by atomic mass is 9.87. The second-order valence-corrected chi connectivity index (χ2v) is 8.11. The summed E-state index contributed by atoms with van der Waals surface area (Å²) in [5, 5.41) is 10.8. The van der Waals surface area contributed by atoms with Crippen LogP contribution in [-0.4, -0.2) is 31.0 Å². The van der Waals surface area contributed by atoms with Crippen LogP contribution in [0.5, 0.6) is 5.75 Å². The molecular weight excluding hydrogens is 380 g/mol. The van der Waals surface area contributed by atoms with Gasteiger partial charge < -0.3 is 15.2 Å². The molecular formula is C23H24N4O3. The summed E-state index contributed by atoms with van der Waals surface area (Å²) in [6, 6.07) is 15.7. The minimum atomic E-state index is -0.936. The predicted octanol–water partition coefficient (Wildman–Crippen LogP) is 3.50. The number of benzene rings is 2. The molecule has 30 heavy (non-hydrogen) atoms. The summed E-state index contributed by atoms with van der Waals surface area (Å²) < 4.78 is 12.2. The fourth-order valence-corrected chi connectivity index (χ4v) is 4.42. The highest BCUT2D eigenvalue weighted by Crippen LogP contribution is 2.46. The lowest BCUT2D eigenvalue weighted by molar-refractivity contribution is -0.187. The number of aliphatic imine (C=N–C) groups is 1. The Morgan fingerprint density at radius 1 is 1.17 bits per heavy atom. The number of hydrogen-bond acceptors (Lipinski definition) is 7. The van der Waals surface area contributed by atoms with E-state index in [4.69, 9.17) is 25.0 Å². The normalized spacial score (nSPS) is 27.9. The van der Waals surface area contributed by atoms with Crippen LogP contribution in [0.15, 0.2) is 47.5 Å². The maximum atomic E-state index is 9.27. The van der Waals surface area contributed by atoms with Crippen molar-refractivity contribution in [3.05, 3.63) is 53.6 Å². The SMILES string of the molecule is CN1OC2(CCC3CCC(OC3)Oc3ccc(-c4cccc(C#N)c4)cc32)N=C1N. The fraction of sp³-hybridized carbons (Fsp3) is 0.391. The molecule has 0 saturated carbocycles. The van der Waals surface area contributed by atoms with Gasteiger partial charge in [-0.1, -0.05) is 18.2 Å². The van der Waals surface area contributed by atoms with Crippen molar-refractivity contribution in [3.8, 4) is 22.9 Å². The van der Waals surface area contributed by atoms with E-state index in [-0.39, 0.29) is 6.29 Å². The van der Waals surface area contributed by atoms with E-state index in [0.717, 1.165) is 36.0 Å². The molecule has 1 spiro atoms. The summed E-state index contributed by atoms with van der Waals surface area (Å²) >= 11 is 0. The van der Waals surface area contributed by atoms with Gasteiger partial charge in [0.25, 0.3) is 0 Å². The molecule has 2 N–H and O–H groups in total. The molecule has 3 unspecified atom stereocenters. The lowest BCUT2D eigenvalue weighted by Crippen LogP contribution is -2.36. The first-order valence-electron chi connectivity index (χ1n) is 10.3. The van der Waals surface area contributed by atoms with Gasteiger partial charge in [-0.25, -0.2) is 14.9 Å². The van der Waals surface area contributed by atoms with Gasteiger partial charge in [0.05, 0.1) is 23.8 Å². The molecule has 0 aromatic heterocycles. The average molecular weight is 404 g/mol. The Bertz CT molecular complexity index is 1040. The van der Waals surface area contributed by atoms with Gasteiger partial charge in [-0.15, -0.1) is 0 Å². The first-order chi connectivity index (χ1) is 14.6. The Labute approximate surface area is 175 Å². The van der Waals surface area contributed by atoms with E-state index in [1.54, 1.807) is 13.1 Å². The maximum Gasteiger partial charge on any atom is 0.218 e. The van der Waals surface area contributed by atoms with Crippen LogP contribution in [0, 0.1) is 17.2 Å². The number of ether oxygens (including phenoxy) is 2. The molecule has 2 aromatic rings. The molecule has 1 fully saturated rings. The predicted molar refractivity (Wildman–Crippen MR) is 111 cm³/mol. The molecule has 0 aliphatic carbocycles. The first kappa shape index (κ1) is 18.9. The molecule has 4 aliphatic rings. The molecule has 4 aliphatic heterocycles. The Morgan fingerprint density at radius 3 is 2.77 bits per heavy atom. The van der Waals surface area contributed by atoms with Crippen molar-refractivity contribution in [2.45, 2.75) is 37.7 Å². The number of hydrogen-bond donors (Lipinski definition) is 1. The topological polar surface area (TPSA) is 93.1 Å². The van der Waals surface area contributed by atoms with Crippen molar-refractivity contribution in [3.63, 3.8) is 0 Å². The van der Waals surface area contributed by atoms with E-state index in [2.05, 4.69) is 6.07 Å². The molecule has 7 heteroatoms. The van der Waals surface area contributed by atoms with Crippen LogP contribution in [-0.2, 0) is 15.3 Å². The third kappa shape index (κ3) is 3.28. The summed E-state index contributed by atoms with van der Waals surface area (Å²) in [6.45, 7) is 0.685. The van der Waals surface area contributed by atoms with Gasteiger partial charge in [-0.2, -0.15) is 5.26 Å². The van der Waals surface area contributed by atoms with Crippen LogP contribution in [0.25, 0.3) is 11.1 Å². The van der Waals surface area contributed by atoms with E-state index >= 15 is 0 Å². The molecule has 4 heterocycles. The molecule has 154 valence electrons. The second-order valence-electron chi connectivity index (χ2n) is 8.11. The van der Waals surface area contributed by atoms with E-state index in [0.29, 0.717) is 36.2 Å². The van der Waals surface area contributed by atoms with Gasteiger partial charge in [-0.3, -0.25) is 0 Å². The summed E-state index contributed by atoms with van der Waals surface area (Å²) in [4.78, 5) is 11.0. The summed E-state index contributed by atoms with van der Waals surface area (Å²) in [5.74, 6) is 1.48. The van der Waals surface area contributed by atoms with Crippen LogP contribution >= 0.6 is 0 Å². The second kappa shape index (κ2) is 7.31. The number of nitriles is 1. The van der Waals surface area contributed by atoms with Gasteiger partial charge in [-0.05, 0) is 54.2 Å². The van der Waals surface area contributed by atoms with Gasteiger partial charge in [0, 0.05) is 19.9 Å². The lowest BCUT2D eigenvalue weighted by Gasteiger charge is -2.36. The molecule has 2 aromatic carbocycles. The van der Waals surface area contributed by atoms with E-state index in [1.165, 1.54) is 5.06 Å². The van der Waals surface area contributed by atoms with Crippen molar-refractivity contribution in [2.24, 2.45) is 16.6 Å². The number of nitrogens with zero attached hydrogens (tertiary/aromatic N) is 3. The molecule has 2 bridgehead atoms. The summed E-state index contributed by atoms with van der Waals surface area (Å²) in [5.41, 5.74) is 8.53. The molecule has 0 amide bonds. The maximum absolute atomic E-state index is 9.27. The van der Waals surface area contributed by atoms with Gasteiger partial charge in [0.2, 0.25) is 11.7 Å². The van der Waals surface area contributed by atoms with Crippen molar-refractivity contribution in [2.75, 3.05) is 13.7 Å². The highest BCUT2D eigenvalue weighted by atomic mass is 16.7. The number of guanidine groups is 1. The average Bonchev–Trinajstić information content (AvgIpc) is 3.07. The van der Waals surface area contributed by atoms with Crippen molar-refractivity contribution in [1.82, 2.24) is 5.06 Å². The number of nitrogens with two attached hydrogens (primary N) is 1. The highest BCUT2D eigenvalue weighted by molar-refractivity contribution is 5.79. The minimum Gasteiger partial charge on any atom is -0.464 e. The Hall–Kier alpha value is -3.08. The van der Waals surface area contributed by atoms with E-state index in [9.17, 15) is 5.26 Å². The Kier molecular flexibility index (Phi) is 4.61. The zero-order valence-electron chi connectivity index (χ0n) is 16.9. The molecule has 6 rings (SSSR count). The largest absolute Gasteiger partial charge is 0.464 e. The Morgan fingerprint density at radius 2 is 2.03 bits per heavy atom. The zero-order valence-corrected chi connectivity index (χ0v) is 16.9. The third-order valence-corrected chi connectivity index (χ3v) is 6.11. The Balaban J connectivity index is 1.65. The molecule has 0 radical (unpaired) electrons.